The summed E-state index contributed by atoms with van der Waals surface area (Å²) in [4.78, 5) is 23.7. The highest BCUT2D eigenvalue weighted by Crippen LogP contribution is 2.64. The third-order valence-electron chi connectivity index (χ3n) is 7.71. The number of hydrogen-bond donors (Lipinski definition) is 1. The number of hydrogen-bond acceptors (Lipinski definition) is 3. The molecule has 4 heteroatoms. The monoisotopic (exact) mass is 330 g/mol. The highest BCUT2D eigenvalue weighted by Gasteiger charge is 2.60. The Balaban J connectivity index is 1.78. The van der Waals surface area contributed by atoms with E-state index in [2.05, 4.69) is 19.9 Å². The van der Waals surface area contributed by atoms with Crippen LogP contribution in [0.2, 0.25) is 0 Å². The second-order valence-electron chi connectivity index (χ2n) is 8.74. The minimum Gasteiger partial charge on any atom is -0.481 e. The number of fused-ring (bicyclic) bond motifs is 4. The Bertz CT molecular complexity index is 675. The summed E-state index contributed by atoms with van der Waals surface area (Å²) >= 11 is 0. The molecule has 2 saturated carbocycles. The fraction of sp³-hybridized carbons (Fsp3) is 0.700. The first-order valence-corrected chi connectivity index (χ1v) is 9.16. The lowest BCUT2D eigenvalue weighted by Gasteiger charge is -2.60. The van der Waals surface area contributed by atoms with Gasteiger partial charge in [0.2, 0.25) is 0 Å². The Labute approximate surface area is 143 Å². The van der Waals surface area contributed by atoms with Crippen molar-refractivity contribution in [1.82, 2.24) is 0 Å². The van der Waals surface area contributed by atoms with Gasteiger partial charge in [-0.25, -0.2) is 4.79 Å². The van der Waals surface area contributed by atoms with E-state index in [9.17, 15) is 14.7 Å². The summed E-state index contributed by atoms with van der Waals surface area (Å²) in [6.07, 6.45) is 8.58. The Hall–Kier alpha value is -1.58. The minimum absolute atomic E-state index is 0.0317. The lowest BCUT2D eigenvalue weighted by molar-refractivity contribution is -0.168. The van der Waals surface area contributed by atoms with Gasteiger partial charge in [-0.3, -0.25) is 4.79 Å². The molecule has 0 unspecified atom stereocenters. The molecule has 0 bridgehead atoms. The lowest BCUT2D eigenvalue weighted by Crippen LogP contribution is -2.56. The molecule has 4 rings (SSSR count). The van der Waals surface area contributed by atoms with Crippen LogP contribution in [0, 0.1) is 34.5 Å². The van der Waals surface area contributed by atoms with Gasteiger partial charge in [-0.2, -0.15) is 0 Å². The predicted molar refractivity (Wildman–Crippen MR) is 88.8 cm³/mol. The summed E-state index contributed by atoms with van der Waals surface area (Å²) < 4.78 is 5.42. The van der Waals surface area contributed by atoms with Gasteiger partial charge in [0, 0.05) is 11.6 Å². The molecule has 0 spiro atoms. The molecule has 0 radical (unpaired) electrons. The van der Waals surface area contributed by atoms with Gasteiger partial charge in [0.25, 0.3) is 0 Å². The zero-order chi connectivity index (χ0) is 17.3. The van der Waals surface area contributed by atoms with Gasteiger partial charge < -0.3 is 9.84 Å². The first-order valence-electron chi connectivity index (χ1n) is 9.16. The van der Waals surface area contributed by atoms with Crippen molar-refractivity contribution in [3.63, 3.8) is 0 Å². The van der Waals surface area contributed by atoms with Crippen LogP contribution in [0.4, 0.5) is 0 Å². The second-order valence-corrected chi connectivity index (χ2v) is 8.74. The smallest absolute Gasteiger partial charge is 0.336 e. The molecule has 0 saturated heterocycles. The Kier molecular flexibility index (Phi) is 3.29. The molecule has 1 N–H and O–H groups in total. The van der Waals surface area contributed by atoms with Gasteiger partial charge in [0.15, 0.2) is 0 Å². The molecule has 0 aromatic carbocycles. The first-order chi connectivity index (χ1) is 11.3. The van der Waals surface area contributed by atoms with E-state index in [0.717, 1.165) is 43.4 Å². The van der Waals surface area contributed by atoms with Crippen molar-refractivity contribution in [2.75, 3.05) is 0 Å². The van der Waals surface area contributed by atoms with Crippen LogP contribution in [0.1, 0.15) is 52.9 Å². The molecule has 24 heavy (non-hydrogen) atoms. The van der Waals surface area contributed by atoms with E-state index < -0.39 is 11.4 Å². The quantitative estimate of drug-likeness (QED) is 0.740. The first kappa shape index (κ1) is 15.9. The molecule has 2 fully saturated rings. The predicted octanol–water partition coefficient (Wildman–Crippen LogP) is 3.93. The molecule has 130 valence electrons. The van der Waals surface area contributed by atoms with Gasteiger partial charge in [-0.05, 0) is 67.8 Å². The fourth-order valence-electron chi connectivity index (χ4n) is 6.39. The standard InChI is InChI=1S/C20H26O4/c1-11-12-5-6-16-19(2,7-4-8-20(16,3)18(22)23)14(12)10-15-13(11)9-17(21)24-15/h9-12,14,16H,4-8H2,1-3H3,(H,22,23)/t11-,12+,14+,16-,19-,20-/m1/s1. The van der Waals surface area contributed by atoms with Crippen LogP contribution in [0.5, 0.6) is 0 Å². The van der Waals surface area contributed by atoms with E-state index in [-0.39, 0.29) is 17.3 Å². The van der Waals surface area contributed by atoms with Gasteiger partial charge >= 0.3 is 11.9 Å². The van der Waals surface area contributed by atoms with Crippen molar-refractivity contribution in [3.05, 3.63) is 23.5 Å². The summed E-state index contributed by atoms with van der Waals surface area (Å²) in [5.41, 5.74) is 0.373. The van der Waals surface area contributed by atoms with Crippen molar-refractivity contribution >= 4 is 11.9 Å². The second kappa shape index (κ2) is 4.96. The molecule has 0 aromatic heterocycles. The zero-order valence-electron chi connectivity index (χ0n) is 14.7. The summed E-state index contributed by atoms with van der Waals surface area (Å²) in [6.45, 7) is 6.42. The number of carbonyl (C=O) groups is 2. The number of carboxylic acid groups (broad SMARTS) is 1. The Morgan fingerprint density at radius 3 is 2.75 bits per heavy atom. The van der Waals surface area contributed by atoms with Gasteiger partial charge in [-0.1, -0.05) is 20.3 Å². The third-order valence-corrected chi connectivity index (χ3v) is 7.71. The number of rotatable bonds is 1. The summed E-state index contributed by atoms with van der Waals surface area (Å²) in [7, 11) is 0. The Morgan fingerprint density at radius 2 is 2.04 bits per heavy atom. The van der Waals surface area contributed by atoms with Crippen molar-refractivity contribution in [3.8, 4) is 0 Å². The van der Waals surface area contributed by atoms with E-state index in [1.807, 2.05) is 6.92 Å². The van der Waals surface area contributed by atoms with E-state index in [1.54, 1.807) is 6.08 Å². The molecular formula is C20H26O4. The van der Waals surface area contributed by atoms with E-state index >= 15 is 0 Å². The molecule has 0 aromatic rings. The number of allylic oxidation sites excluding steroid dienone is 2. The van der Waals surface area contributed by atoms with E-state index in [4.69, 9.17) is 4.74 Å². The van der Waals surface area contributed by atoms with E-state index in [1.165, 1.54) is 0 Å². The average Bonchev–Trinajstić information content (AvgIpc) is 2.89. The molecule has 4 nitrogen and oxygen atoms in total. The maximum Gasteiger partial charge on any atom is 0.336 e. The minimum atomic E-state index is -0.652. The Morgan fingerprint density at radius 1 is 1.29 bits per heavy atom. The van der Waals surface area contributed by atoms with Gasteiger partial charge in [0.05, 0.1) is 5.41 Å². The highest BCUT2D eigenvalue weighted by atomic mass is 16.5. The van der Waals surface area contributed by atoms with Crippen LogP contribution in [-0.4, -0.2) is 17.0 Å². The lowest BCUT2D eigenvalue weighted by atomic mass is 9.44. The van der Waals surface area contributed by atoms with Gasteiger partial charge in [-0.15, -0.1) is 0 Å². The number of aliphatic carboxylic acids is 1. The molecule has 3 aliphatic carbocycles. The summed E-state index contributed by atoms with van der Waals surface area (Å²) in [5, 5.41) is 9.89. The topological polar surface area (TPSA) is 63.6 Å². The average molecular weight is 330 g/mol. The van der Waals surface area contributed by atoms with Crippen molar-refractivity contribution in [1.29, 1.82) is 0 Å². The van der Waals surface area contributed by atoms with Crippen LogP contribution < -0.4 is 0 Å². The van der Waals surface area contributed by atoms with Crippen molar-refractivity contribution in [2.24, 2.45) is 34.5 Å². The zero-order valence-corrected chi connectivity index (χ0v) is 14.7. The molecule has 4 aliphatic rings. The van der Waals surface area contributed by atoms with Crippen LogP contribution in [0.15, 0.2) is 23.5 Å². The normalized spacial score (nSPS) is 46.9. The molecule has 1 heterocycles. The van der Waals surface area contributed by atoms with Crippen LogP contribution in [0.3, 0.4) is 0 Å². The molecular weight excluding hydrogens is 304 g/mol. The molecule has 0 amide bonds. The van der Waals surface area contributed by atoms with Gasteiger partial charge in [0.1, 0.15) is 5.76 Å². The highest BCUT2D eigenvalue weighted by molar-refractivity contribution is 5.88. The third kappa shape index (κ3) is 1.91. The number of esters is 1. The van der Waals surface area contributed by atoms with Crippen LogP contribution in [0.25, 0.3) is 0 Å². The van der Waals surface area contributed by atoms with Crippen molar-refractivity contribution < 1.29 is 19.4 Å². The maximum atomic E-state index is 12.0. The van der Waals surface area contributed by atoms with E-state index in [0.29, 0.717) is 17.8 Å². The largest absolute Gasteiger partial charge is 0.481 e. The number of carbonyl (C=O) groups excluding carboxylic acids is 1. The fourth-order valence-corrected chi connectivity index (χ4v) is 6.39. The van der Waals surface area contributed by atoms with Crippen LogP contribution in [-0.2, 0) is 14.3 Å². The van der Waals surface area contributed by atoms with Crippen molar-refractivity contribution in [2.45, 2.75) is 52.9 Å². The molecule has 1 aliphatic heterocycles. The van der Waals surface area contributed by atoms with Crippen LogP contribution >= 0.6 is 0 Å². The summed E-state index contributed by atoms with van der Waals surface area (Å²) in [5.74, 6) is 1.08. The SMILES string of the molecule is C[C@H]1C2=CC(=O)OC2=C[C@H]2[C@H]1CC[C@@H]1[C@]2(C)CCC[C@@]1(C)C(=O)O. The molecule has 6 atom stereocenters. The summed E-state index contributed by atoms with van der Waals surface area (Å²) in [6, 6.07) is 0. The maximum absolute atomic E-state index is 12.0. The number of ether oxygens (including phenoxy) is 1. The number of carboxylic acids is 1.